The van der Waals surface area contributed by atoms with Gasteiger partial charge in [-0.1, -0.05) is 0 Å². The average molecular weight is 254 g/mol. The summed E-state index contributed by atoms with van der Waals surface area (Å²) < 4.78 is 0. The van der Waals surface area contributed by atoms with Crippen LogP contribution in [0.2, 0.25) is 0 Å². The first-order valence-electron chi connectivity index (χ1n) is 6.20. The van der Waals surface area contributed by atoms with Gasteiger partial charge in [-0.15, -0.1) is 0 Å². The summed E-state index contributed by atoms with van der Waals surface area (Å²) in [6, 6.07) is 5.93. The molecule has 2 N–H and O–H groups in total. The van der Waals surface area contributed by atoms with E-state index in [0.29, 0.717) is 12.8 Å². The number of aromatic amines is 1. The summed E-state index contributed by atoms with van der Waals surface area (Å²) in [5, 5.41) is 4.75. The van der Waals surface area contributed by atoms with Crippen LogP contribution >= 0.6 is 0 Å². The van der Waals surface area contributed by atoms with Crippen LogP contribution in [0.15, 0.2) is 30.6 Å². The molecule has 96 valence electrons. The van der Waals surface area contributed by atoms with Gasteiger partial charge in [-0.2, -0.15) is 0 Å². The third-order valence-electron chi connectivity index (χ3n) is 3.20. The number of aromatic nitrogens is 3. The lowest BCUT2D eigenvalue weighted by Crippen LogP contribution is -2.18. The molecule has 0 fully saturated rings. The molecule has 0 saturated carbocycles. The zero-order valence-electron chi connectivity index (χ0n) is 10.6. The standard InChI is InChI=1S/C14H14N4O/c1-15-13(19)5-3-9-2-4-10-11-8-16-7-6-12(11)18-14(10)17-9/h2,4,6-8H,3,5H2,1H3,(H,15,19)(H,17,18). The number of H-pyrrole nitrogens is 1. The van der Waals surface area contributed by atoms with Crippen molar-refractivity contribution in [3.8, 4) is 0 Å². The van der Waals surface area contributed by atoms with Crippen LogP contribution < -0.4 is 5.32 Å². The molecule has 5 nitrogen and oxygen atoms in total. The first kappa shape index (κ1) is 11.6. The number of hydrogen-bond acceptors (Lipinski definition) is 3. The number of carbonyl (C=O) groups is 1. The molecule has 0 saturated heterocycles. The number of nitrogens with zero attached hydrogens (tertiary/aromatic N) is 2. The Morgan fingerprint density at radius 1 is 1.32 bits per heavy atom. The summed E-state index contributed by atoms with van der Waals surface area (Å²) in [7, 11) is 1.64. The van der Waals surface area contributed by atoms with Crippen molar-refractivity contribution < 1.29 is 4.79 Å². The molecule has 0 aromatic carbocycles. The molecule has 0 unspecified atom stereocenters. The number of hydrogen-bond donors (Lipinski definition) is 2. The fourth-order valence-corrected chi connectivity index (χ4v) is 2.16. The fraction of sp³-hybridized carbons (Fsp3) is 0.214. The summed E-state index contributed by atoms with van der Waals surface area (Å²) in [6.45, 7) is 0. The largest absolute Gasteiger partial charge is 0.359 e. The number of fused-ring (bicyclic) bond motifs is 3. The molecule has 19 heavy (non-hydrogen) atoms. The Bertz CT molecular complexity index is 747. The second-order valence-corrected chi connectivity index (χ2v) is 4.42. The predicted octanol–water partition coefficient (Wildman–Crippen LogP) is 1.79. The van der Waals surface area contributed by atoms with Gasteiger partial charge in [0, 0.05) is 42.3 Å². The zero-order valence-corrected chi connectivity index (χ0v) is 10.6. The molecule has 5 heteroatoms. The van der Waals surface area contributed by atoms with Crippen molar-refractivity contribution in [2.75, 3.05) is 7.05 Å². The number of amides is 1. The Morgan fingerprint density at radius 2 is 2.21 bits per heavy atom. The van der Waals surface area contributed by atoms with Crippen LogP contribution in [0.1, 0.15) is 12.1 Å². The van der Waals surface area contributed by atoms with Crippen molar-refractivity contribution in [2.24, 2.45) is 0 Å². The second kappa shape index (κ2) is 4.68. The first-order chi connectivity index (χ1) is 9.28. The van der Waals surface area contributed by atoms with Crippen molar-refractivity contribution in [1.82, 2.24) is 20.3 Å². The van der Waals surface area contributed by atoms with E-state index in [2.05, 4.69) is 20.3 Å². The average Bonchev–Trinajstić information content (AvgIpc) is 2.82. The van der Waals surface area contributed by atoms with E-state index in [1.165, 1.54) is 0 Å². The highest BCUT2D eigenvalue weighted by Gasteiger charge is 2.07. The Labute approximate surface area is 110 Å². The second-order valence-electron chi connectivity index (χ2n) is 4.42. The van der Waals surface area contributed by atoms with E-state index >= 15 is 0 Å². The molecule has 0 radical (unpaired) electrons. The van der Waals surface area contributed by atoms with Crippen molar-refractivity contribution in [3.63, 3.8) is 0 Å². The number of rotatable bonds is 3. The summed E-state index contributed by atoms with van der Waals surface area (Å²) in [6.07, 6.45) is 4.68. The van der Waals surface area contributed by atoms with E-state index < -0.39 is 0 Å². The van der Waals surface area contributed by atoms with Gasteiger partial charge in [0.05, 0.1) is 5.52 Å². The number of pyridine rings is 2. The van der Waals surface area contributed by atoms with Gasteiger partial charge in [0.2, 0.25) is 5.91 Å². The monoisotopic (exact) mass is 254 g/mol. The lowest BCUT2D eigenvalue weighted by molar-refractivity contribution is -0.120. The number of carbonyl (C=O) groups excluding carboxylic acids is 1. The highest BCUT2D eigenvalue weighted by molar-refractivity contribution is 6.05. The quantitative estimate of drug-likeness (QED) is 0.748. The summed E-state index contributed by atoms with van der Waals surface area (Å²) in [4.78, 5) is 23.2. The summed E-state index contributed by atoms with van der Waals surface area (Å²) in [5.74, 6) is 0.0303. The molecule has 0 atom stereocenters. The molecular weight excluding hydrogens is 240 g/mol. The number of nitrogens with one attached hydrogen (secondary N) is 2. The van der Waals surface area contributed by atoms with Crippen molar-refractivity contribution in [1.29, 1.82) is 0 Å². The fourth-order valence-electron chi connectivity index (χ4n) is 2.16. The minimum absolute atomic E-state index is 0.0303. The molecule has 0 aliphatic heterocycles. The highest BCUT2D eigenvalue weighted by atomic mass is 16.1. The maximum atomic E-state index is 11.2. The van der Waals surface area contributed by atoms with Gasteiger partial charge in [0.15, 0.2) is 0 Å². The third-order valence-corrected chi connectivity index (χ3v) is 3.20. The van der Waals surface area contributed by atoms with Crippen LogP contribution in [0.25, 0.3) is 21.9 Å². The lowest BCUT2D eigenvalue weighted by Gasteiger charge is -2.00. The molecule has 0 bridgehead atoms. The van der Waals surface area contributed by atoms with Crippen LogP contribution in [0.4, 0.5) is 0 Å². The Balaban J connectivity index is 1.97. The minimum atomic E-state index is 0.0303. The van der Waals surface area contributed by atoms with Gasteiger partial charge in [0.25, 0.3) is 0 Å². The van der Waals surface area contributed by atoms with Crippen LogP contribution in [0.3, 0.4) is 0 Å². The highest BCUT2D eigenvalue weighted by Crippen LogP contribution is 2.23. The molecule has 0 aliphatic carbocycles. The van der Waals surface area contributed by atoms with Crippen LogP contribution in [0, 0.1) is 0 Å². The van der Waals surface area contributed by atoms with Crippen molar-refractivity contribution >= 4 is 27.8 Å². The van der Waals surface area contributed by atoms with E-state index in [4.69, 9.17) is 0 Å². The van der Waals surface area contributed by atoms with Gasteiger partial charge in [0.1, 0.15) is 5.65 Å². The maximum Gasteiger partial charge on any atom is 0.220 e. The van der Waals surface area contributed by atoms with E-state index in [9.17, 15) is 4.79 Å². The molecule has 3 rings (SSSR count). The minimum Gasteiger partial charge on any atom is -0.359 e. The Morgan fingerprint density at radius 3 is 3.05 bits per heavy atom. The summed E-state index contributed by atoms with van der Waals surface area (Å²) in [5.41, 5.74) is 2.79. The third kappa shape index (κ3) is 2.14. The van der Waals surface area contributed by atoms with Crippen LogP contribution in [-0.2, 0) is 11.2 Å². The van der Waals surface area contributed by atoms with E-state index in [1.807, 2.05) is 24.4 Å². The molecule has 0 aliphatic rings. The predicted molar refractivity (Wildman–Crippen MR) is 73.8 cm³/mol. The van der Waals surface area contributed by atoms with E-state index in [0.717, 1.165) is 27.6 Å². The van der Waals surface area contributed by atoms with Gasteiger partial charge in [-0.25, -0.2) is 4.98 Å². The molecule has 0 spiro atoms. The van der Waals surface area contributed by atoms with Crippen LogP contribution in [0.5, 0.6) is 0 Å². The van der Waals surface area contributed by atoms with Gasteiger partial charge >= 0.3 is 0 Å². The summed E-state index contributed by atoms with van der Waals surface area (Å²) >= 11 is 0. The van der Waals surface area contributed by atoms with Crippen molar-refractivity contribution in [2.45, 2.75) is 12.8 Å². The Kier molecular flexibility index (Phi) is 2.87. The lowest BCUT2D eigenvalue weighted by atomic mass is 10.2. The maximum absolute atomic E-state index is 11.2. The van der Waals surface area contributed by atoms with Gasteiger partial charge in [-0.3, -0.25) is 9.78 Å². The van der Waals surface area contributed by atoms with E-state index in [1.54, 1.807) is 13.2 Å². The molecular formula is C14H14N4O. The SMILES string of the molecule is CNC(=O)CCc1ccc2c(n1)[nH]c1ccncc12. The zero-order chi connectivity index (χ0) is 13.2. The molecule has 3 heterocycles. The van der Waals surface area contributed by atoms with E-state index in [-0.39, 0.29) is 5.91 Å². The molecule has 3 aromatic heterocycles. The van der Waals surface area contributed by atoms with Gasteiger partial charge < -0.3 is 10.3 Å². The topological polar surface area (TPSA) is 70.7 Å². The Hall–Kier alpha value is -2.43. The smallest absolute Gasteiger partial charge is 0.220 e. The van der Waals surface area contributed by atoms with Gasteiger partial charge in [-0.05, 0) is 24.6 Å². The van der Waals surface area contributed by atoms with Crippen molar-refractivity contribution in [3.05, 3.63) is 36.3 Å². The van der Waals surface area contributed by atoms with Crippen LogP contribution in [-0.4, -0.2) is 27.9 Å². The first-order valence-corrected chi connectivity index (χ1v) is 6.20. The number of aryl methyl sites for hydroxylation is 1. The molecule has 1 amide bonds. The molecule has 3 aromatic rings. The normalized spacial score (nSPS) is 11.0.